The van der Waals surface area contributed by atoms with Gasteiger partial charge in [0.2, 0.25) is 0 Å². The molecule has 0 aromatic heterocycles. The zero-order chi connectivity index (χ0) is 9.84. The van der Waals surface area contributed by atoms with E-state index in [9.17, 15) is 9.59 Å². The molecule has 0 aromatic carbocycles. The molecule has 8 heteroatoms. The van der Waals surface area contributed by atoms with E-state index >= 15 is 0 Å². The van der Waals surface area contributed by atoms with Crippen LogP contribution in [0.25, 0.3) is 0 Å². The second-order valence-corrected chi connectivity index (χ2v) is 3.32. The SMILES string of the molecule is N=C(N)SCB1OC(=O)CC(=O)O1. The van der Waals surface area contributed by atoms with Crippen LogP contribution in [0.2, 0.25) is 0 Å². The minimum Gasteiger partial charge on any atom is -0.498 e. The minimum absolute atomic E-state index is 0.113. The van der Waals surface area contributed by atoms with Crippen molar-refractivity contribution in [2.45, 2.75) is 6.42 Å². The highest BCUT2D eigenvalue weighted by Gasteiger charge is 2.34. The Kier molecular flexibility index (Phi) is 3.18. The third-order valence-electron chi connectivity index (χ3n) is 1.19. The summed E-state index contributed by atoms with van der Waals surface area (Å²) in [6.45, 7) is 0. The van der Waals surface area contributed by atoms with Crippen LogP contribution in [-0.2, 0) is 18.9 Å². The van der Waals surface area contributed by atoms with Crippen LogP contribution < -0.4 is 5.73 Å². The molecule has 0 spiro atoms. The Morgan fingerprint density at radius 2 is 2.08 bits per heavy atom. The second-order valence-electron chi connectivity index (χ2n) is 2.26. The highest BCUT2D eigenvalue weighted by molar-refractivity contribution is 8.14. The maximum absolute atomic E-state index is 10.7. The Bertz CT molecular complexity index is 243. The zero-order valence-corrected chi connectivity index (χ0v) is 7.43. The van der Waals surface area contributed by atoms with E-state index in [1.54, 1.807) is 0 Å². The zero-order valence-electron chi connectivity index (χ0n) is 6.61. The monoisotopic (exact) mass is 202 g/mol. The molecule has 1 aliphatic heterocycles. The fourth-order valence-corrected chi connectivity index (χ4v) is 1.20. The summed E-state index contributed by atoms with van der Waals surface area (Å²) in [7, 11) is -0.914. The van der Waals surface area contributed by atoms with Crippen molar-refractivity contribution >= 4 is 36.0 Å². The van der Waals surface area contributed by atoms with Crippen molar-refractivity contribution in [2.75, 3.05) is 5.65 Å². The van der Waals surface area contributed by atoms with Gasteiger partial charge in [0.25, 0.3) is 0 Å². The van der Waals surface area contributed by atoms with E-state index in [0.29, 0.717) is 0 Å². The molecule has 6 nitrogen and oxygen atoms in total. The molecule has 0 saturated carbocycles. The minimum atomic E-state index is -0.914. The van der Waals surface area contributed by atoms with Crippen LogP contribution in [0, 0.1) is 5.41 Å². The molecule has 0 unspecified atom stereocenters. The summed E-state index contributed by atoms with van der Waals surface area (Å²) in [6, 6.07) is 0. The predicted octanol–water partition coefficient (Wildman–Crippen LogP) is -0.869. The number of nitrogens with one attached hydrogen (secondary N) is 1. The molecule has 1 saturated heterocycles. The van der Waals surface area contributed by atoms with Gasteiger partial charge in [0.1, 0.15) is 6.42 Å². The average Bonchev–Trinajstić information content (AvgIpc) is 1.99. The van der Waals surface area contributed by atoms with Crippen molar-refractivity contribution in [2.24, 2.45) is 5.73 Å². The maximum Gasteiger partial charge on any atom is 0.609 e. The lowest BCUT2D eigenvalue weighted by Crippen LogP contribution is -2.38. The van der Waals surface area contributed by atoms with E-state index in [1.807, 2.05) is 0 Å². The first-order valence-electron chi connectivity index (χ1n) is 3.43. The number of thioether (sulfide) groups is 1. The average molecular weight is 202 g/mol. The van der Waals surface area contributed by atoms with Gasteiger partial charge in [-0.1, -0.05) is 11.8 Å². The molecule has 0 aromatic rings. The topological polar surface area (TPSA) is 102 Å². The Morgan fingerprint density at radius 3 is 2.54 bits per heavy atom. The predicted molar refractivity (Wildman–Crippen MR) is 46.9 cm³/mol. The molecule has 0 bridgehead atoms. The van der Waals surface area contributed by atoms with E-state index < -0.39 is 19.1 Å². The lowest BCUT2D eigenvalue weighted by atomic mass is 9.93. The standard InChI is InChI=1S/C5H7BN2O4S/c7-5(8)13-2-6-11-3(9)1-4(10)12-6/h1-2H2,(H3,7,8). The van der Waals surface area contributed by atoms with Crippen molar-refractivity contribution in [3.05, 3.63) is 0 Å². The highest BCUT2D eigenvalue weighted by Crippen LogP contribution is 2.09. The second kappa shape index (κ2) is 4.17. The molecule has 0 amide bonds. The van der Waals surface area contributed by atoms with Crippen molar-refractivity contribution in [1.29, 1.82) is 5.41 Å². The first-order valence-corrected chi connectivity index (χ1v) is 4.42. The molecular formula is C5H7BN2O4S. The fraction of sp³-hybridized carbons (Fsp3) is 0.400. The van der Waals surface area contributed by atoms with Crippen LogP contribution in [0.1, 0.15) is 6.42 Å². The number of hydrogen-bond donors (Lipinski definition) is 2. The van der Waals surface area contributed by atoms with Gasteiger partial charge < -0.3 is 15.0 Å². The number of rotatable bonds is 2. The van der Waals surface area contributed by atoms with Crippen molar-refractivity contribution in [3.8, 4) is 0 Å². The third kappa shape index (κ3) is 3.37. The summed E-state index contributed by atoms with van der Waals surface area (Å²) < 4.78 is 9.30. The van der Waals surface area contributed by atoms with Gasteiger partial charge in [-0.05, 0) is 0 Å². The number of carbonyl (C=O) groups is 2. The molecule has 3 N–H and O–H groups in total. The smallest absolute Gasteiger partial charge is 0.498 e. The number of amidine groups is 1. The Morgan fingerprint density at radius 1 is 1.54 bits per heavy atom. The summed E-state index contributed by atoms with van der Waals surface area (Å²) in [5.41, 5.74) is 5.20. The molecule has 1 heterocycles. The van der Waals surface area contributed by atoms with Crippen molar-refractivity contribution in [1.82, 2.24) is 0 Å². The van der Waals surface area contributed by atoms with Gasteiger partial charge in [-0.3, -0.25) is 15.0 Å². The lowest BCUT2D eigenvalue weighted by molar-refractivity contribution is -0.151. The van der Waals surface area contributed by atoms with Crippen LogP contribution in [0.5, 0.6) is 0 Å². The van der Waals surface area contributed by atoms with Gasteiger partial charge in [0.05, 0.1) is 5.65 Å². The number of nitrogens with two attached hydrogens (primary N) is 1. The van der Waals surface area contributed by atoms with Gasteiger partial charge in [0.15, 0.2) is 5.17 Å². The maximum atomic E-state index is 10.7. The first-order chi connectivity index (χ1) is 6.08. The van der Waals surface area contributed by atoms with Gasteiger partial charge in [-0.25, -0.2) is 0 Å². The van der Waals surface area contributed by atoms with Crippen molar-refractivity contribution in [3.63, 3.8) is 0 Å². The van der Waals surface area contributed by atoms with Crippen LogP contribution in [0.4, 0.5) is 0 Å². The Hall–Kier alpha value is -1.18. The summed E-state index contributed by atoms with van der Waals surface area (Å²) in [5, 5.41) is 6.76. The molecule has 0 radical (unpaired) electrons. The third-order valence-corrected chi connectivity index (χ3v) is 1.94. The van der Waals surface area contributed by atoms with Crippen LogP contribution >= 0.6 is 11.8 Å². The fourth-order valence-electron chi connectivity index (χ4n) is 0.744. The summed E-state index contributed by atoms with van der Waals surface area (Å²) >= 11 is 0.949. The van der Waals surface area contributed by atoms with E-state index in [2.05, 4.69) is 9.31 Å². The molecule has 1 aliphatic rings. The van der Waals surface area contributed by atoms with E-state index in [0.717, 1.165) is 11.8 Å². The highest BCUT2D eigenvalue weighted by atomic mass is 32.2. The molecule has 13 heavy (non-hydrogen) atoms. The number of carbonyl (C=O) groups excluding carboxylic acids is 2. The van der Waals surface area contributed by atoms with E-state index in [1.165, 1.54) is 0 Å². The van der Waals surface area contributed by atoms with E-state index in [-0.39, 0.29) is 17.2 Å². The molecule has 1 fully saturated rings. The summed E-state index contributed by atoms with van der Waals surface area (Å²) in [6.07, 6.45) is -0.346. The van der Waals surface area contributed by atoms with Gasteiger partial charge in [-0.15, -0.1) is 0 Å². The summed E-state index contributed by atoms with van der Waals surface area (Å²) in [5.74, 6) is -1.21. The van der Waals surface area contributed by atoms with Gasteiger partial charge >= 0.3 is 19.1 Å². The lowest BCUT2D eigenvalue weighted by Gasteiger charge is -2.17. The first kappa shape index (κ1) is 9.91. The van der Waals surface area contributed by atoms with Crippen LogP contribution in [-0.4, -0.2) is 29.9 Å². The largest absolute Gasteiger partial charge is 0.609 e. The van der Waals surface area contributed by atoms with Gasteiger partial charge in [0, 0.05) is 0 Å². The summed E-state index contributed by atoms with van der Waals surface area (Å²) in [4.78, 5) is 21.4. The Labute approximate surface area is 78.8 Å². The molecular weight excluding hydrogens is 195 g/mol. The van der Waals surface area contributed by atoms with Gasteiger partial charge in [-0.2, -0.15) is 0 Å². The molecule has 0 aliphatic carbocycles. The van der Waals surface area contributed by atoms with Crippen molar-refractivity contribution < 1.29 is 18.9 Å². The molecule has 70 valence electrons. The van der Waals surface area contributed by atoms with Crippen LogP contribution in [0.15, 0.2) is 0 Å². The molecule has 1 rings (SSSR count). The van der Waals surface area contributed by atoms with Crippen LogP contribution in [0.3, 0.4) is 0 Å². The molecule has 0 atom stereocenters. The normalized spacial score (nSPS) is 16.5. The number of hydrogen-bond acceptors (Lipinski definition) is 6. The van der Waals surface area contributed by atoms with E-state index in [4.69, 9.17) is 11.1 Å². The Balaban J connectivity index is 2.37. The quantitative estimate of drug-likeness (QED) is 0.261.